The van der Waals surface area contributed by atoms with Crippen LogP contribution in [-0.2, 0) is 26.4 Å². The number of hydrogen-bond donors (Lipinski definition) is 2. The third kappa shape index (κ3) is 10.4. The van der Waals surface area contributed by atoms with Crippen molar-refractivity contribution < 1.29 is 23.4 Å². The highest BCUT2D eigenvalue weighted by atomic mass is 32.2. The summed E-state index contributed by atoms with van der Waals surface area (Å²) in [6.45, 7) is 16.2. The fraction of sp³-hybridized carbons (Fsp3) is 0.656. The van der Waals surface area contributed by atoms with Gasteiger partial charge in [-0.2, -0.15) is 0 Å². The molecule has 0 saturated heterocycles. The van der Waals surface area contributed by atoms with E-state index in [1.54, 1.807) is 13.8 Å². The van der Waals surface area contributed by atoms with Gasteiger partial charge in [-0.15, -0.1) is 0 Å². The first-order valence-corrected chi connectivity index (χ1v) is 16.4. The van der Waals surface area contributed by atoms with Crippen LogP contribution in [0.5, 0.6) is 0 Å². The molecule has 0 saturated carbocycles. The van der Waals surface area contributed by atoms with E-state index >= 15 is 0 Å². The van der Waals surface area contributed by atoms with Crippen LogP contribution in [0.2, 0.25) is 0 Å². The molecule has 2 rings (SSSR count). The van der Waals surface area contributed by atoms with Gasteiger partial charge in [0, 0.05) is 37.1 Å². The zero-order valence-electron chi connectivity index (χ0n) is 25.3. The van der Waals surface area contributed by atoms with Gasteiger partial charge in [-0.1, -0.05) is 78.7 Å². The summed E-state index contributed by atoms with van der Waals surface area (Å²) in [4.78, 5) is 14.7. The van der Waals surface area contributed by atoms with E-state index in [-0.39, 0.29) is 22.9 Å². The maximum absolute atomic E-state index is 13.4. The van der Waals surface area contributed by atoms with Crippen molar-refractivity contribution in [3.05, 3.63) is 56.1 Å². The molecule has 2 heterocycles. The average Bonchev–Trinajstić information content (AvgIpc) is 2.82. The molecule has 0 spiro atoms. The van der Waals surface area contributed by atoms with E-state index < -0.39 is 33.0 Å². The van der Waals surface area contributed by atoms with Gasteiger partial charge in [-0.3, -0.25) is 4.79 Å². The molecule has 0 radical (unpaired) electrons. The number of rotatable bonds is 14. The molecule has 0 aromatic heterocycles. The van der Waals surface area contributed by atoms with Gasteiger partial charge in [0.05, 0.1) is 27.0 Å². The van der Waals surface area contributed by atoms with Crippen LogP contribution >= 0.6 is 0 Å². The van der Waals surface area contributed by atoms with E-state index in [1.165, 1.54) is 0 Å². The summed E-state index contributed by atoms with van der Waals surface area (Å²) in [5, 5.41) is 18.8. The predicted octanol–water partition coefficient (Wildman–Crippen LogP) is 7.91. The van der Waals surface area contributed by atoms with Crippen LogP contribution in [0.4, 0.5) is 0 Å². The second-order valence-corrected chi connectivity index (χ2v) is 16.8. The molecule has 2 aliphatic rings. The summed E-state index contributed by atoms with van der Waals surface area (Å²) in [5.41, 5.74) is -1.32. The molecule has 2 atom stereocenters. The van der Waals surface area contributed by atoms with Crippen molar-refractivity contribution in [1.82, 2.24) is 0 Å². The molecule has 0 fully saturated rings. The van der Waals surface area contributed by atoms with Crippen molar-refractivity contribution in [1.29, 1.82) is 0 Å². The van der Waals surface area contributed by atoms with Gasteiger partial charge in [0.25, 0.3) is 0 Å². The molecule has 0 aromatic carbocycles. The summed E-state index contributed by atoms with van der Waals surface area (Å²) in [6.07, 6.45) is 18.4. The molecule has 39 heavy (non-hydrogen) atoms. The number of aliphatic hydroxyl groups excluding tert-OH is 1. The van der Waals surface area contributed by atoms with E-state index in [2.05, 4.69) is 53.7 Å². The normalized spacial score (nSPS) is 23.2. The number of aliphatic hydroxyl groups is 1. The maximum Gasteiger partial charge on any atom is 0.309 e. The van der Waals surface area contributed by atoms with Crippen molar-refractivity contribution in [2.24, 2.45) is 21.7 Å². The second-order valence-electron chi connectivity index (χ2n) is 13.8. The molecule has 0 amide bonds. The Balaban J connectivity index is 2.08. The first-order chi connectivity index (χ1) is 17.9. The minimum atomic E-state index is -1.30. The number of carboxylic acids is 1. The number of unbranched alkanes of at least 4 members (excludes halogenated alkanes) is 2. The highest BCUT2D eigenvalue weighted by Crippen LogP contribution is 2.38. The van der Waals surface area contributed by atoms with E-state index in [0.29, 0.717) is 12.8 Å². The second kappa shape index (κ2) is 13.4. The Morgan fingerprint density at radius 1 is 0.769 bits per heavy atom. The Morgan fingerprint density at radius 3 is 1.56 bits per heavy atom. The van der Waals surface area contributed by atoms with Gasteiger partial charge in [0.1, 0.15) is 0 Å². The lowest BCUT2D eigenvalue weighted by molar-refractivity contribution is -0.147. The molecule has 5 nitrogen and oxygen atoms in total. The number of aliphatic carboxylic acids is 1. The molecular weight excluding hydrogens is 528 g/mol. The highest BCUT2D eigenvalue weighted by Gasteiger charge is 2.29. The predicted molar refractivity (Wildman–Crippen MR) is 165 cm³/mol. The van der Waals surface area contributed by atoms with Crippen LogP contribution in [0, 0.1) is 21.7 Å². The molecule has 220 valence electrons. The largest absolute Gasteiger partial charge is 0.481 e. The quantitative estimate of drug-likeness (QED) is 0.204. The minimum Gasteiger partial charge on any atom is -0.481 e. The SMILES string of the molecule is CC1(C)C=C(/C=C\C2=CC(C)(C)C=C(CCCCC(C)(C)C(=O)O)S2=O)S(=O)C(CCCCC(C)(C)CO)=C1. The summed E-state index contributed by atoms with van der Waals surface area (Å²) < 4.78 is 26.9. The maximum atomic E-state index is 13.4. The third-order valence-corrected chi connectivity index (χ3v) is 10.4. The van der Waals surface area contributed by atoms with E-state index in [4.69, 9.17) is 0 Å². The van der Waals surface area contributed by atoms with Gasteiger partial charge in [-0.25, -0.2) is 8.42 Å². The monoisotopic (exact) mass is 578 g/mol. The van der Waals surface area contributed by atoms with Gasteiger partial charge in [0.15, 0.2) is 0 Å². The van der Waals surface area contributed by atoms with Gasteiger partial charge < -0.3 is 10.2 Å². The van der Waals surface area contributed by atoms with Crippen molar-refractivity contribution in [2.75, 3.05) is 6.61 Å². The zero-order chi connectivity index (χ0) is 29.6. The fourth-order valence-corrected chi connectivity index (χ4v) is 8.12. The minimum absolute atomic E-state index is 0.0906. The van der Waals surface area contributed by atoms with Gasteiger partial charge >= 0.3 is 5.97 Å². The Kier molecular flexibility index (Phi) is 11.6. The molecule has 2 aliphatic heterocycles. The third-order valence-electron chi connectivity index (χ3n) is 7.42. The highest BCUT2D eigenvalue weighted by molar-refractivity contribution is 7.93. The van der Waals surface area contributed by atoms with Crippen molar-refractivity contribution in [2.45, 2.75) is 107 Å². The molecule has 7 heteroatoms. The molecule has 0 bridgehead atoms. The molecule has 2 N–H and O–H groups in total. The average molecular weight is 579 g/mol. The zero-order valence-corrected chi connectivity index (χ0v) is 26.9. The summed E-state index contributed by atoms with van der Waals surface area (Å²) >= 11 is 0. The lowest BCUT2D eigenvalue weighted by atomic mass is 9.87. The topological polar surface area (TPSA) is 91.7 Å². The fourth-order valence-electron chi connectivity index (χ4n) is 4.83. The number of hydrogen-bond acceptors (Lipinski definition) is 4. The van der Waals surface area contributed by atoms with E-state index in [9.17, 15) is 23.4 Å². The Morgan fingerprint density at radius 2 is 1.18 bits per heavy atom. The first kappa shape index (κ1) is 33.6. The lowest BCUT2D eigenvalue weighted by Crippen LogP contribution is -2.23. The lowest BCUT2D eigenvalue weighted by Gasteiger charge is -2.26. The molecular formula is C32H50O5S2. The van der Waals surface area contributed by atoms with E-state index in [1.807, 2.05) is 24.3 Å². The number of carbonyl (C=O) groups is 1. The van der Waals surface area contributed by atoms with Gasteiger partial charge in [0.2, 0.25) is 0 Å². The molecule has 0 aromatic rings. The van der Waals surface area contributed by atoms with Crippen molar-refractivity contribution >= 4 is 27.6 Å². The van der Waals surface area contributed by atoms with Crippen LogP contribution < -0.4 is 0 Å². The number of allylic oxidation sites excluding steroid dienone is 8. The Bertz CT molecular complexity index is 1110. The molecule has 2 unspecified atom stereocenters. The standard InChI is InChI=1S/C32H50O5S2/c1-29(2,23-33)17-11-9-13-24-19-30(3,4)21-26(38(24)36)15-16-27-22-31(5,6)20-25(39(27)37)14-10-12-18-32(7,8)28(34)35/h15-16,19-22,33H,9-14,17-18,23H2,1-8H3,(H,34,35)/b16-15-. The molecule has 0 aliphatic carbocycles. The summed E-state index contributed by atoms with van der Waals surface area (Å²) in [5.74, 6) is -0.791. The Hall–Kier alpha value is -1.57. The van der Waals surface area contributed by atoms with Crippen molar-refractivity contribution in [3.8, 4) is 0 Å². The van der Waals surface area contributed by atoms with Crippen LogP contribution in [0.15, 0.2) is 56.1 Å². The first-order valence-electron chi connectivity index (χ1n) is 14.1. The van der Waals surface area contributed by atoms with Crippen LogP contribution in [0.25, 0.3) is 0 Å². The van der Waals surface area contributed by atoms with E-state index in [0.717, 1.165) is 58.1 Å². The van der Waals surface area contributed by atoms with Crippen LogP contribution in [0.3, 0.4) is 0 Å². The van der Waals surface area contributed by atoms with Crippen molar-refractivity contribution in [3.63, 3.8) is 0 Å². The van der Waals surface area contributed by atoms with Gasteiger partial charge in [-0.05, 0) is 69.9 Å². The van der Waals surface area contributed by atoms with Crippen LogP contribution in [-0.4, -0.2) is 31.2 Å². The smallest absolute Gasteiger partial charge is 0.309 e. The van der Waals surface area contributed by atoms with Crippen LogP contribution in [0.1, 0.15) is 107 Å². The summed E-state index contributed by atoms with van der Waals surface area (Å²) in [7, 11) is -2.55. The summed E-state index contributed by atoms with van der Waals surface area (Å²) in [6, 6.07) is 0. The number of carboxylic acid groups (broad SMARTS) is 1. The Labute approximate surface area is 241 Å².